The van der Waals surface area contributed by atoms with Crippen molar-refractivity contribution in [3.63, 3.8) is 0 Å². The van der Waals surface area contributed by atoms with Crippen molar-refractivity contribution >= 4 is 0 Å². The molecular weight excluding hydrogens is 384 g/mol. The molecule has 0 aliphatic heterocycles. The van der Waals surface area contributed by atoms with Gasteiger partial charge in [-0.05, 0) is 55.0 Å². The van der Waals surface area contributed by atoms with Crippen LogP contribution in [-0.4, -0.2) is 27.4 Å². The summed E-state index contributed by atoms with van der Waals surface area (Å²) in [6.45, 7) is 2.33. The van der Waals surface area contributed by atoms with E-state index in [1.54, 1.807) is 7.11 Å². The van der Waals surface area contributed by atoms with Crippen LogP contribution in [0.5, 0.6) is 11.5 Å². The van der Waals surface area contributed by atoms with Gasteiger partial charge in [0.25, 0.3) is 5.89 Å². The van der Waals surface area contributed by atoms with Crippen molar-refractivity contribution in [3.8, 4) is 34.3 Å². The van der Waals surface area contributed by atoms with Gasteiger partial charge in [0.2, 0.25) is 17.5 Å². The predicted octanol–water partition coefficient (Wildman–Crippen LogP) is 4.72. The number of ether oxygens (including phenoxy) is 2. The smallest absolute Gasteiger partial charge is 0.258 e. The largest absolute Gasteiger partial charge is 0.497 e. The molecule has 30 heavy (non-hydrogen) atoms. The lowest BCUT2D eigenvalue weighted by atomic mass is 10.2. The van der Waals surface area contributed by atoms with Gasteiger partial charge in [0.1, 0.15) is 11.5 Å². The van der Waals surface area contributed by atoms with Gasteiger partial charge in [-0.15, -0.1) is 0 Å². The van der Waals surface area contributed by atoms with E-state index in [0.717, 1.165) is 36.1 Å². The number of aryl methyl sites for hydroxylation is 1. The molecular formula is C22H22N4O4. The zero-order valence-corrected chi connectivity index (χ0v) is 16.9. The number of rotatable bonds is 9. The van der Waals surface area contributed by atoms with E-state index in [9.17, 15) is 0 Å². The Morgan fingerprint density at radius 2 is 1.57 bits per heavy atom. The summed E-state index contributed by atoms with van der Waals surface area (Å²) in [4.78, 5) is 8.79. The molecule has 0 aliphatic rings. The third kappa shape index (κ3) is 4.65. The minimum atomic E-state index is 0.197. The Kier molecular flexibility index (Phi) is 6.03. The molecule has 0 saturated heterocycles. The van der Waals surface area contributed by atoms with Gasteiger partial charge in [0, 0.05) is 17.5 Å². The molecule has 2 heterocycles. The van der Waals surface area contributed by atoms with E-state index in [4.69, 9.17) is 18.5 Å². The van der Waals surface area contributed by atoms with Gasteiger partial charge in [0.15, 0.2) is 6.61 Å². The molecule has 0 aliphatic carbocycles. The number of hydrogen-bond donors (Lipinski definition) is 0. The number of nitrogens with zero attached hydrogens (tertiary/aromatic N) is 4. The standard InChI is InChI=1S/C22H22N4O4/c1-3-4-5-20-24-21(26-29-20)15-6-12-18(13-7-15)28-14-19-23-22(30-25-19)16-8-10-17(27-2)11-9-16/h6-13H,3-5,14H2,1-2H3. The Morgan fingerprint density at radius 3 is 2.30 bits per heavy atom. The molecule has 0 spiro atoms. The molecule has 0 fully saturated rings. The fraction of sp³-hybridized carbons (Fsp3) is 0.273. The fourth-order valence-corrected chi connectivity index (χ4v) is 2.81. The first-order valence-electron chi connectivity index (χ1n) is 9.78. The van der Waals surface area contributed by atoms with E-state index in [0.29, 0.717) is 29.2 Å². The Bertz CT molecular complexity index is 1070. The van der Waals surface area contributed by atoms with Gasteiger partial charge >= 0.3 is 0 Å². The summed E-state index contributed by atoms with van der Waals surface area (Å²) in [7, 11) is 1.62. The van der Waals surface area contributed by atoms with Gasteiger partial charge in [-0.1, -0.05) is 23.7 Å². The highest BCUT2D eigenvalue weighted by Gasteiger charge is 2.11. The van der Waals surface area contributed by atoms with Crippen LogP contribution in [0.4, 0.5) is 0 Å². The molecule has 4 rings (SSSR count). The molecule has 2 aromatic heterocycles. The van der Waals surface area contributed by atoms with Crippen LogP contribution in [0.15, 0.2) is 57.6 Å². The fourth-order valence-electron chi connectivity index (χ4n) is 2.81. The Labute approximate surface area is 173 Å². The lowest BCUT2D eigenvalue weighted by molar-refractivity contribution is 0.287. The highest BCUT2D eigenvalue weighted by molar-refractivity contribution is 5.56. The summed E-state index contributed by atoms with van der Waals surface area (Å²) < 4.78 is 21.5. The molecule has 8 heteroatoms. The summed E-state index contributed by atoms with van der Waals surface area (Å²) in [5, 5.41) is 8.01. The zero-order valence-electron chi connectivity index (χ0n) is 16.9. The minimum absolute atomic E-state index is 0.197. The van der Waals surface area contributed by atoms with Crippen molar-refractivity contribution < 1.29 is 18.5 Å². The summed E-state index contributed by atoms with van der Waals surface area (Å²) in [6.07, 6.45) is 2.92. The zero-order chi connectivity index (χ0) is 20.8. The maximum absolute atomic E-state index is 5.76. The van der Waals surface area contributed by atoms with Crippen LogP contribution in [0.3, 0.4) is 0 Å². The summed E-state index contributed by atoms with van der Waals surface area (Å²) in [6, 6.07) is 14.9. The Morgan fingerprint density at radius 1 is 0.833 bits per heavy atom. The quantitative estimate of drug-likeness (QED) is 0.394. The summed E-state index contributed by atoms with van der Waals surface area (Å²) >= 11 is 0. The predicted molar refractivity (Wildman–Crippen MR) is 109 cm³/mol. The first kappa shape index (κ1) is 19.6. The van der Waals surface area contributed by atoms with Crippen LogP contribution in [0, 0.1) is 0 Å². The Balaban J connectivity index is 1.35. The first-order valence-corrected chi connectivity index (χ1v) is 9.78. The number of benzene rings is 2. The maximum Gasteiger partial charge on any atom is 0.258 e. The highest BCUT2D eigenvalue weighted by atomic mass is 16.5. The average molecular weight is 406 g/mol. The molecule has 0 N–H and O–H groups in total. The number of hydrogen-bond acceptors (Lipinski definition) is 8. The third-order valence-electron chi connectivity index (χ3n) is 4.50. The molecule has 0 unspecified atom stereocenters. The van der Waals surface area contributed by atoms with Gasteiger partial charge in [-0.2, -0.15) is 9.97 Å². The van der Waals surface area contributed by atoms with E-state index in [1.807, 2.05) is 48.5 Å². The van der Waals surface area contributed by atoms with Crippen LogP contribution in [-0.2, 0) is 13.0 Å². The van der Waals surface area contributed by atoms with Gasteiger partial charge in [-0.3, -0.25) is 0 Å². The van der Waals surface area contributed by atoms with Crippen molar-refractivity contribution in [2.24, 2.45) is 0 Å². The molecule has 0 amide bonds. The second kappa shape index (κ2) is 9.21. The molecule has 0 saturated carbocycles. The van der Waals surface area contributed by atoms with Crippen LogP contribution in [0.1, 0.15) is 31.5 Å². The van der Waals surface area contributed by atoms with Crippen molar-refractivity contribution in [1.29, 1.82) is 0 Å². The second-order valence-corrected chi connectivity index (χ2v) is 6.67. The molecule has 0 bridgehead atoms. The Hall–Kier alpha value is -3.68. The molecule has 0 radical (unpaired) electrons. The van der Waals surface area contributed by atoms with E-state index in [2.05, 4.69) is 27.2 Å². The molecule has 154 valence electrons. The highest BCUT2D eigenvalue weighted by Crippen LogP contribution is 2.23. The van der Waals surface area contributed by atoms with Gasteiger partial charge in [-0.25, -0.2) is 0 Å². The third-order valence-corrected chi connectivity index (χ3v) is 4.50. The summed E-state index contributed by atoms with van der Waals surface area (Å²) in [5.41, 5.74) is 1.69. The lowest BCUT2D eigenvalue weighted by Crippen LogP contribution is -1.97. The van der Waals surface area contributed by atoms with Crippen LogP contribution >= 0.6 is 0 Å². The molecule has 4 aromatic rings. The van der Waals surface area contributed by atoms with Crippen molar-refractivity contribution in [3.05, 3.63) is 60.2 Å². The number of unbranched alkanes of at least 4 members (excludes halogenated alkanes) is 1. The number of methoxy groups -OCH3 is 1. The van der Waals surface area contributed by atoms with Crippen LogP contribution in [0.2, 0.25) is 0 Å². The van der Waals surface area contributed by atoms with E-state index >= 15 is 0 Å². The SMILES string of the molecule is CCCCc1nc(-c2ccc(OCc3noc(-c4ccc(OC)cc4)n3)cc2)no1. The monoisotopic (exact) mass is 406 g/mol. The lowest BCUT2D eigenvalue weighted by Gasteiger charge is -2.03. The van der Waals surface area contributed by atoms with Gasteiger partial charge < -0.3 is 18.5 Å². The van der Waals surface area contributed by atoms with E-state index < -0.39 is 0 Å². The normalized spacial score (nSPS) is 10.9. The first-order chi connectivity index (χ1) is 14.7. The van der Waals surface area contributed by atoms with Gasteiger partial charge in [0.05, 0.1) is 7.11 Å². The van der Waals surface area contributed by atoms with E-state index in [1.165, 1.54) is 0 Å². The van der Waals surface area contributed by atoms with Crippen molar-refractivity contribution in [2.75, 3.05) is 7.11 Å². The maximum atomic E-state index is 5.76. The van der Waals surface area contributed by atoms with Crippen LogP contribution in [0.25, 0.3) is 22.8 Å². The topological polar surface area (TPSA) is 96.3 Å². The van der Waals surface area contributed by atoms with Crippen LogP contribution < -0.4 is 9.47 Å². The number of aromatic nitrogens is 4. The van der Waals surface area contributed by atoms with Crippen molar-refractivity contribution in [2.45, 2.75) is 32.8 Å². The average Bonchev–Trinajstić information content (AvgIpc) is 3.47. The summed E-state index contributed by atoms with van der Waals surface area (Å²) in [5.74, 6) is 3.59. The minimum Gasteiger partial charge on any atom is -0.497 e. The molecule has 8 nitrogen and oxygen atoms in total. The van der Waals surface area contributed by atoms with Crippen molar-refractivity contribution in [1.82, 2.24) is 20.3 Å². The molecule has 2 aromatic carbocycles. The molecule has 0 atom stereocenters. The van der Waals surface area contributed by atoms with E-state index in [-0.39, 0.29) is 6.61 Å². The second-order valence-electron chi connectivity index (χ2n) is 6.67.